The average Bonchev–Trinajstić information content (AvgIpc) is 3.03. The summed E-state index contributed by atoms with van der Waals surface area (Å²) in [6.45, 7) is 2.00. The zero-order valence-electron chi connectivity index (χ0n) is 12.3. The van der Waals surface area contributed by atoms with Crippen LogP contribution in [0.1, 0.15) is 21.7 Å². The molecule has 22 heavy (non-hydrogen) atoms. The molecule has 2 aromatic carbocycles. The van der Waals surface area contributed by atoms with Gasteiger partial charge in [0.1, 0.15) is 11.5 Å². The molecule has 108 valence electrons. The fourth-order valence-electron chi connectivity index (χ4n) is 2.17. The van der Waals surface area contributed by atoms with Crippen molar-refractivity contribution < 1.29 is 9.21 Å². The van der Waals surface area contributed by atoms with E-state index in [2.05, 4.69) is 0 Å². The van der Waals surface area contributed by atoms with Gasteiger partial charge in [0.25, 0.3) is 0 Å². The van der Waals surface area contributed by atoms with Crippen molar-refractivity contribution in [3.8, 4) is 11.3 Å². The Labute approximate surface area is 129 Å². The summed E-state index contributed by atoms with van der Waals surface area (Å²) in [6, 6.07) is 21.2. The molecule has 1 aromatic heterocycles. The van der Waals surface area contributed by atoms with Crippen molar-refractivity contribution in [1.29, 1.82) is 0 Å². The van der Waals surface area contributed by atoms with Gasteiger partial charge in [-0.25, -0.2) is 0 Å². The number of hydrogen-bond donors (Lipinski definition) is 0. The smallest absolute Gasteiger partial charge is 0.185 e. The quantitative estimate of drug-likeness (QED) is 0.491. The van der Waals surface area contributed by atoms with Crippen LogP contribution in [-0.4, -0.2) is 5.78 Å². The fourth-order valence-corrected chi connectivity index (χ4v) is 2.17. The number of allylic oxidation sites excluding steroid dienone is 1. The minimum absolute atomic E-state index is 0.0299. The van der Waals surface area contributed by atoms with Crippen molar-refractivity contribution in [2.45, 2.75) is 6.92 Å². The summed E-state index contributed by atoms with van der Waals surface area (Å²) in [5.74, 6) is 1.43. The molecule has 0 N–H and O–H groups in total. The van der Waals surface area contributed by atoms with Crippen molar-refractivity contribution in [3.05, 3.63) is 89.7 Å². The maximum absolute atomic E-state index is 12.1. The Hall–Kier alpha value is -2.87. The van der Waals surface area contributed by atoms with Crippen LogP contribution in [0.3, 0.4) is 0 Å². The molecule has 3 aromatic rings. The first-order valence-electron chi connectivity index (χ1n) is 7.17. The van der Waals surface area contributed by atoms with Gasteiger partial charge in [-0.2, -0.15) is 0 Å². The van der Waals surface area contributed by atoms with E-state index in [0.717, 1.165) is 16.9 Å². The minimum atomic E-state index is -0.0299. The average molecular weight is 288 g/mol. The lowest BCUT2D eigenvalue weighted by Crippen LogP contribution is -1.93. The lowest BCUT2D eigenvalue weighted by atomic mass is 10.1. The van der Waals surface area contributed by atoms with Crippen LogP contribution < -0.4 is 0 Å². The molecule has 2 nitrogen and oxygen atoms in total. The molecule has 0 saturated heterocycles. The number of benzene rings is 2. The van der Waals surface area contributed by atoms with Crippen LogP contribution >= 0.6 is 0 Å². The molecule has 0 saturated carbocycles. The highest BCUT2D eigenvalue weighted by Gasteiger charge is 2.04. The van der Waals surface area contributed by atoms with Gasteiger partial charge in [-0.3, -0.25) is 4.79 Å². The van der Waals surface area contributed by atoms with Crippen molar-refractivity contribution in [2.24, 2.45) is 0 Å². The zero-order valence-corrected chi connectivity index (χ0v) is 12.3. The Morgan fingerprint density at radius 2 is 1.64 bits per heavy atom. The SMILES string of the molecule is Cc1ccc(C(=O)C=Cc2ccc(-c3ccccc3)o2)cc1. The molecule has 0 bridgehead atoms. The fraction of sp³-hybridized carbons (Fsp3) is 0.0500. The molecule has 0 aliphatic rings. The van der Waals surface area contributed by atoms with Crippen LogP contribution in [0.5, 0.6) is 0 Å². The molecule has 0 aliphatic carbocycles. The number of rotatable bonds is 4. The molecule has 1 heterocycles. The molecule has 0 spiro atoms. The molecule has 3 rings (SSSR count). The van der Waals surface area contributed by atoms with Crippen LogP contribution in [0.15, 0.2) is 77.2 Å². The maximum Gasteiger partial charge on any atom is 0.185 e. The Balaban J connectivity index is 1.75. The minimum Gasteiger partial charge on any atom is -0.457 e. The Bertz CT molecular complexity index is 793. The highest BCUT2D eigenvalue weighted by molar-refractivity contribution is 6.06. The molecule has 0 unspecified atom stereocenters. The van der Waals surface area contributed by atoms with Gasteiger partial charge < -0.3 is 4.42 Å². The predicted molar refractivity (Wildman–Crippen MR) is 88.7 cm³/mol. The number of carbonyl (C=O) groups is 1. The lowest BCUT2D eigenvalue weighted by Gasteiger charge is -1.96. The summed E-state index contributed by atoms with van der Waals surface area (Å²) in [4.78, 5) is 12.1. The zero-order chi connectivity index (χ0) is 15.4. The van der Waals surface area contributed by atoms with Gasteiger partial charge in [-0.15, -0.1) is 0 Å². The Kier molecular flexibility index (Phi) is 4.01. The normalized spacial score (nSPS) is 11.0. The van der Waals surface area contributed by atoms with Gasteiger partial charge in [0.2, 0.25) is 0 Å². The maximum atomic E-state index is 12.1. The van der Waals surface area contributed by atoms with E-state index >= 15 is 0 Å². The van der Waals surface area contributed by atoms with Crippen LogP contribution in [0.25, 0.3) is 17.4 Å². The van der Waals surface area contributed by atoms with Crippen LogP contribution in [0.2, 0.25) is 0 Å². The number of carbonyl (C=O) groups excluding carboxylic acids is 1. The number of furan rings is 1. The highest BCUT2D eigenvalue weighted by atomic mass is 16.3. The highest BCUT2D eigenvalue weighted by Crippen LogP contribution is 2.22. The van der Waals surface area contributed by atoms with E-state index in [1.807, 2.05) is 73.7 Å². The van der Waals surface area contributed by atoms with Gasteiger partial charge in [-0.05, 0) is 31.2 Å². The van der Waals surface area contributed by atoms with Gasteiger partial charge >= 0.3 is 0 Å². The molecule has 2 heteroatoms. The standard InChI is InChI=1S/C20H16O2/c1-15-7-9-16(10-8-15)19(21)13-11-18-12-14-20(22-18)17-5-3-2-4-6-17/h2-14H,1H3. The van der Waals surface area contributed by atoms with Gasteiger partial charge in [0, 0.05) is 11.1 Å². The summed E-state index contributed by atoms with van der Waals surface area (Å²) in [5.41, 5.74) is 2.84. The summed E-state index contributed by atoms with van der Waals surface area (Å²) in [5, 5.41) is 0. The van der Waals surface area contributed by atoms with Gasteiger partial charge in [0.05, 0.1) is 0 Å². The molecule has 0 amide bonds. The van der Waals surface area contributed by atoms with Crippen molar-refractivity contribution in [2.75, 3.05) is 0 Å². The van der Waals surface area contributed by atoms with E-state index in [-0.39, 0.29) is 5.78 Å². The van der Waals surface area contributed by atoms with E-state index in [1.54, 1.807) is 6.08 Å². The Morgan fingerprint density at radius 3 is 2.36 bits per heavy atom. The summed E-state index contributed by atoms with van der Waals surface area (Å²) < 4.78 is 5.74. The topological polar surface area (TPSA) is 30.2 Å². The van der Waals surface area contributed by atoms with E-state index in [1.165, 1.54) is 6.08 Å². The van der Waals surface area contributed by atoms with Crippen LogP contribution in [0, 0.1) is 6.92 Å². The largest absolute Gasteiger partial charge is 0.457 e. The number of ketones is 1. The van der Waals surface area contributed by atoms with Crippen molar-refractivity contribution >= 4 is 11.9 Å². The third-order valence-electron chi connectivity index (χ3n) is 3.42. The predicted octanol–water partition coefficient (Wildman–Crippen LogP) is 5.15. The summed E-state index contributed by atoms with van der Waals surface area (Å²) in [6.07, 6.45) is 3.24. The first-order chi connectivity index (χ1) is 10.7. The molecule has 0 radical (unpaired) electrons. The number of aryl methyl sites for hydroxylation is 1. The Morgan fingerprint density at radius 1 is 0.909 bits per heavy atom. The lowest BCUT2D eigenvalue weighted by molar-refractivity contribution is 0.104. The molecular formula is C20H16O2. The van der Waals surface area contributed by atoms with E-state index in [0.29, 0.717) is 11.3 Å². The van der Waals surface area contributed by atoms with Gasteiger partial charge in [-0.1, -0.05) is 60.2 Å². The molecule has 0 aliphatic heterocycles. The third-order valence-corrected chi connectivity index (χ3v) is 3.42. The number of hydrogen-bond acceptors (Lipinski definition) is 2. The molecular weight excluding hydrogens is 272 g/mol. The monoisotopic (exact) mass is 288 g/mol. The van der Waals surface area contributed by atoms with Gasteiger partial charge in [0.15, 0.2) is 5.78 Å². The first kappa shape index (κ1) is 14.1. The molecule has 0 fully saturated rings. The first-order valence-corrected chi connectivity index (χ1v) is 7.17. The second-order valence-corrected chi connectivity index (χ2v) is 5.13. The third kappa shape index (κ3) is 3.23. The second kappa shape index (κ2) is 6.27. The van der Waals surface area contributed by atoms with E-state index in [4.69, 9.17) is 4.42 Å². The molecule has 0 atom stereocenters. The van der Waals surface area contributed by atoms with Crippen molar-refractivity contribution in [1.82, 2.24) is 0 Å². The summed E-state index contributed by atoms with van der Waals surface area (Å²) >= 11 is 0. The van der Waals surface area contributed by atoms with E-state index < -0.39 is 0 Å². The van der Waals surface area contributed by atoms with E-state index in [9.17, 15) is 4.79 Å². The summed E-state index contributed by atoms with van der Waals surface area (Å²) in [7, 11) is 0. The van der Waals surface area contributed by atoms with Crippen LogP contribution in [-0.2, 0) is 0 Å². The van der Waals surface area contributed by atoms with Crippen molar-refractivity contribution in [3.63, 3.8) is 0 Å². The second-order valence-electron chi connectivity index (χ2n) is 5.13. The van der Waals surface area contributed by atoms with Crippen LogP contribution in [0.4, 0.5) is 0 Å².